The van der Waals surface area contributed by atoms with Crippen molar-refractivity contribution >= 4 is 11.6 Å². The van der Waals surface area contributed by atoms with E-state index < -0.39 is 6.10 Å². The van der Waals surface area contributed by atoms with Gasteiger partial charge in [-0.15, -0.1) is 0 Å². The van der Waals surface area contributed by atoms with E-state index in [1.165, 1.54) is 11.1 Å². The minimum absolute atomic E-state index is 0.00261. The Balaban J connectivity index is 1.64. The summed E-state index contributed by atoms with van der Waals surface area (Å²) in [6.07, 6.45) is 2.14. The van der Waals surface area contributed by atoms with Crippen LogP contribution in [0.3, 0.4) is 0 Å². The number of β-amino-alcohol motifs (C(OH)–C–C–N with tert-alkyl or cyclic N) is 1. The predicted octanol–water partition coefficient (Wildman–Crippen LogP) is 3.25. The molecule has 3 rings (SSSR count). The molecule has 1 amide bonds. The molecule has 2 N–H and O–H groups in total. The second kappa shape index (κ2) is 8.17. The van der Waals surface area contributed by atoms with E-state index in [0.29, 0.717) is 18.7 Å². The van der Waals surface area contributed by atoms with Crippen LogP contribution in [0.2, 0.25) is 0 Å². The summed E-state index contributed by atoms with van der Waals surface area (Å²) < 4.78 is 0. The normalized spacial score (nSPS) is 17.4. The fourth-order valence-electron chi connectivity index (χ4n) is 3.23. The molecule has 1 atom stereocenters. The van der Waals surface area contributed by atoms with Crippen LogP contribution in [0.4, 0.5) is 5.69 Å². The van der Waals surface area contributed by atoms with Crippen LogP contribution in [-0.4, -0.2) is 41.7 Å². The molecule has 1 fully saturated rings. The summed E-state index contributed by atoms with van der Waals surface area (Å²) in [7, 11) is 0. The Hall–Kier alpha value is -2.33. The molecular weight excluding hydrogens is 312 g/mol. The first-order valence-corrected chi connectivity index (χ1v) is 8.99. The molecule has 0 radical (unpaired) electrons. The number of amides is 1. The third-order valence-electron chi connectivity index (χ3n) is 4.69. The van der Waals surface area contributed by atoms with E-state index in [-0.39, 0.29) is 5.91 Å². The first-order valence-electron chi connectivity index (χ1n) is 8.99. The van der Waals surface area contributed by atoms with Crippen LogP contribution in [0.5, 0.6) is 0 Å². The van der Waals surface area contributed by atoms with Gasteiger partial charge in [0.15, 0.2) is 0 Å². The van der Waals surface area contributed by atoms with E-state index in [2.05, 4.69) is 36.5 Å². The minimum Gasteiger partial charge on any atom is -0.391 e. The van der Waals surface area contributed by atoms with Gasteiger partial charge in [0.1, 0.15) is 0 Å². The van der Waals surface area contributed by atoms with Crippen LogP contribution in [0.15, 0.2) is 48.5 Å². The maximum absolute atomic E-state index is 12.8. The molecule has 1 saturated heterocycles. The van der Waals surface area contributed by atoms with E-state index in [1.807, 2.05) is 24.3 Å². The molecule has 0 bridgehead atoms. The summed E-state index contributed by atoms with van der Waals surface area (Å²) in [4.78, 5) is 14.6. The van der Waals surface area contributed by atoms with Gasteiger partial charge in [-0.05, 0) is 43.9 Å². The molecule has 0 aromatic heterocycles. The molecule has 1 heterocycles. The molecule has 0 saturated carbocycles. The zero-order chi connectivity index (χ0) is 17.6. The molecular formula is C21H26N2O2. The number of hydrogen-bond acceptors (Lipinski definition) is 3. The Bertz CT molecular complexity index is 712. The number of rotatable bonds is 5. The third kappa shape index (κ3) is 4.60. The van der Waals surface area contributed by atoms with Crippen molar-refractivity contribution in [2.45, 2.75) is 32.3 Å². The summed E-state index contributed by atoms with van der Waals surface area (Å²) in [5.74, 6) is -0.00261. The average molecular weight is 338 g/mol. The molecule has 1 unspecified atom stereocenters. The highest BCUT2D eigenvalue weighted by Gasteiger charge is 2.24. The fraction of sp³-hybridized carbons (Fsp3) is 0.381. The maximum Gasteiger partial charge on any atom is 0.256 e. The van der Waals surface area contributed by atoms with Gasteiger partial charge >= 0.3 is 0 Å². The highest BCUT2D eigenvalue weighted by atomic mass is 16.3. The minimum atomic E-state index is -0.403. The predicted molar refractivity (Wildman–Crippen MR) is 101 cm³/mol. The lowest BCUT2D eigenvalue weighted by atomic mass is 10.1. The molecule has 2 aromatic carbocycles. The molecule has 2 aromatic rings. The quantitative estimate of drug-likeness (QED) is 0.880. The van der Waals surface area contributed by atoms with Crippen LogP contribution in [0, 0.1) is 6.92 Å². The zero-order valence-electron chi connectivity index (χ0n) is 14.7. The number of nitrogens with one attached hydrogen (secondary N) is 1. The van der Waals surface area contributed by atoms with Gasteiger partial charge in [-0.25, -0.2) is 0 Å². The van der Waals surface area contributed by atoms with Crippen molar-refractivity contribution in [3.63, 3.8) is 0 Å². The summed E-state index contributed by atoms with van der Waals surface area (Å²) in [5.41, 5.74) is 4.08. The average Bonchev–Trinajstić information content (AvgIpc) is 2.63. The lowest BCUT2D eigenvalue weighted by molar-refractivity contribution is 0.0474. The van der Waals surface area contributed by atoms with Gasteiger partial charge in [-0.1, -0.05) is 42.0 Å². The number of anilines is 1. The Labute approximate surface area is 149 Å². The van der Waals surface area contributed by atoms with Gasteiger partial charge in [0.2, 0.25) is 0 Å². The Morgan fingerprint density at radius 1 is 1.20 bits per heavy atom. The van der Waals surface area contributed by atoms with Gasteiger partial charge in [0.25, 0.3) is 5.91 Å². The van der Waals surface area contributed by atoms with E-state index in [1.54, 1.807) is 4.90 Å². The number of aliphatic hydroxyl groups excluding tert-OH is 1. The van der Waals surface area contributed by atoms with Crippen LogP contribution in [-0.2, 0) is 6.42 Å². The van der Waals surface area contributed by atoms with E-state index in [0.717, 1.165) is 31.5 Å². The van der Waals surface area contributed by atoms with Crippen LogP contribution >= 0.6 is 0 Å². The number of aliphatic hydroxyl groups is 1. The second-order valence-corrected chi connectivity index (χ2v) is 6.76. The van der Waals surface area contributed by atoms with Crippen molar-refractivity contribution < 1.29 is 9.90 Å². The standard InChI is InChI=1S/C21H26N2O2/c1-16-8-10-17(11-9-16)12-13-22-20-7-3-2-6-19(20)21(25)23-14-4-5-18(24)15-23/h2-3,6-11,18,22,24H,4-5,12-15H2,1H3. The molecule has 25 heavy (non-hydrogen) atoms. The SMILES string of the molecule is Cc1ccc(CCNc2ccccc2C(=O)N2CCCC(O)C2)cc1. The molecule has 0 aliphatic carbocycles. The fourth-order valence-corrected chi connectivity index (χ4v) is 3.23. The number of carbonyl (C=O) groups excluding carboxylic acids is 1. The number of likely N-dealkylation sites (tertiary alicyclic amines) is 1. The molecule has 1 aliphatic rings. The van der Waals surface area contributed by atoms with E-state index in [4.69, 9.17) is 0 Å². The van der Waals surface area contributed by atoms with Crippen LogP contribution < -0.4 is 5.32 Å². The van der Waals surface area contributed by atoms with Crippen molar-refractivity contribution in [1.82, 2.24) is 4.90 Å². The zero-order valence-corrected chi connectivity index (χ0v) is 14.7. The Morgan fingerprint density at radius 2 is 1.96 bits per heavy atom. The molecule has 0 spiro atoms. The summed E-state index contributed by atoms with van der Waals surface area (Å²) in [6, 6.07) is 16.2. The molecule has 4 heteroatoms. The number of piperidine rings is 1. The maximum atomic E-state index is 12.8. The number of aryl methyl sites for hydroxylation is 1. The Kier molecular flexibility index (Phi) is 5.71. The largest absolute Gasteiger partial charge is 0.391 e. The number of nitrogens with zero attached hydrogens (tertiary/aromatic N) is 1. The van der Waals surface area contributed by atoms with Crippen LogP contribution in [0.25, 0.3) is 0 Å². The van der Waals surface area contributed by atoms with E-state index >= 15 is 0 Å². The lowest BCUT2D eigenvalue weighted by Crippen LogP contribution is -2.42. The van der Waals surface area contributed by atoms with Crippen molar-refractivity contribution in [3.8, 4) is 0 Å². The van der Waals surface area contributed by atoms with E-state index in [9.17, 15) is 9.90 Å². The van der Waals surface area contributed by atoms with Gasteiger partial charge < -0.3 is 15.3 Å². The van der Waals surface area contributed by atoms with Crippen LogP contribution in [0.1, 0.15) is 34.3 Å². The van der Waals surface area contributed by atoms with Crippen molar-refractivity contribution in [2.75, 3.05) is 25.0 Å². The van der Waals surface area contributed by atoms with Gasteiger partial charge in [0.05, 0.1) is 11.7 Å². The number of carbonyl (C=O) groups is 1. The molecule has 132 valence electrons. The number of benzene rings is 2. The smallest absolute Gasteiger partial charge is 0.256 e. The third-order valence-corrected chi connectivity index (χ3v) is 4.69. The summed E-state index contributed by atoms with van der Waals surface area (Å²) >= 11 is 0. The second-order valence-electron chi connectivity index (χ2n) is 6.76. The Morgan fingerprint density at radius 3 is 2.72 bits per heavy atom. The summed E-state index contributed by atoms with van der Waals surface area (Å²) in [5, 5.41) is 13.2. The highest BCUT2D eigenvalue weighted by Crippen LogP contribution is 2.20. The van der Waals surface area contributed by atoms with Crippen molar-refractivity contribution in [2.24, 2.45) is 0 Å². The molecule has 1 aliphatic heterocycles. The van der Waals surface area contributed by atoms with Crippen molar-refractivity contribution in [3.05, 3.63) is 65.2 Å². The van der Waals surface area contributed by atoms with Gasteiger partial charge in [-0.3, -0.25) is 4.79 Å². The monoisotopic (exact) mass is 338 g/mol. The topological polar surface area (TPSA) is 52.6 Å². The highest BCUT2D eigenvalue weighted by molar-refractivity contribution is 5.99. The van der Waals surface area contributed by atoms with Gasteiger partial charge in [-0.2, -0.15) is 0 Å². The lowest BCUT2D eigenvalue weighted by Gasteiger charge is -2.30. The summed E-state index contributed by atoms with van der Waals surface area (Å²) in [6.45, 7) is 4.00. The first-order chi connectivity index (χ1) is 12.1. The number of hydrogen-bond donors (Lipinski definition) is 2. The molecule has 4 nitrogen and oxygen atoms in total. The number of para-hydroxylation sites is 1. The first kappa shape index (κ1) is 17.5. The van der Waals surface area contributed by atoms with Crippen molar-refractivity contribution in [1.29, 1.82) is 0 Å². The van der Waals surface area contributed by atoms with Gasteiger partial charge in [0, 0.05) is 25.3 Å².